The van der Waals surface area contributed by atoms with Crippen LogP contribution in [-0.2, 0) is 24.3 Å². The molecule has 3 fully saturated rings. The van der Waals surface area contributed by atoms with Crippen molar-refractivity contribution in [3.8, 4) is 0 Å². The quantitative estimate of drug-likeness (QED) is 0.768. The summed E-state index contributed by atoms with van der Waals surface area (Å²) in [6.07, 6.45) is 4.77. The summed E-state index contributed by atoms with van der Waals surface area (Å²) in [5.74, 6) is -0.0833. The molecular weight excluding hydrogens is 394 g/mol. The minimum absolute atomic E-state index is 0.0833. The Bertz CT molecular complexity index is 806. The third kappa shape index (κ3) is 4.80. The molecule has 0 bridgehead atoms. The summed E-state index contributed by atoms with van der Waals surface area (Å²) in [5.41, 5.74) is 0.601. The molecule has 1 amide bonds. The lowest BCUT2D eigenvalue weighted by Gasteiger charge is -2.43. The molecule has 29 heavy (non-hydrogen) atoms. The highest BCUT2D eigenvalue weighted by Crippen LogP contribution is 2.28. The van der Waals surface area contributed by atoms with Crippen molar-refractivity contribution in [3.63, 3.8) is 0 Å². The zero-order chi connectivity index (χ0) is 20.3. The number of nitrogens with zero attached hydrogens (tertiary/aromatic N) is 2. The van der Waals surface area contributed by atoms with E-state index in [0.29, 0.717) is 51.2 Å². The molecule has 8 nitrogen and oxygen atoms in total. The van der Waals surface area contributed by atoms with Gasteiger partial charge in [0.25, 0.3) is 0 Å². The van der Waals surface area contributed by atoms with Gasteiger partial charge in [-0.25, -0.2) is 8.42 Å². The van der Waals surface area contributed by atoms with E-state index in [1.807, 2.05) is 0 Å². The van der Waals surface area contributed by atoms with Crippen molar-refractivity contribution in [1.82, 2.24) is 9.21 Å². The molecular formula is C20H29N3O5S. The predicted molar refractivity (Wildman–Crippen MR) is 108 cm³/mol. The first kappa shape index (κ1) is 20.7. The Morgan fingerprint density at radius 2 is 1.76 bits per heavy atom. The van der Waals surface area contributed by atoms with Crippen molar-refractivity contribution in [2.24, 2.45) is 0 Å². The summed E-state index contributed by atoms with van der Waals surface area (Å²) in [6.45, 7) is 3.32. The van der Waals surface area contributed by atoms with Crippen LogP contribution >= 0.6 is 0 Å². The molecule has 2 saturated heterocycles. The van der Waals surface area contributed by atoms with Crippen molar-refractivity contribution in [2.45, 2.75) is 42.7 Å². The van der Waals surface area contributed by atoms with Crippen LogP contribution in [0.1, 0.15) is 25.7 Å². The van der Waals surface area contributed by atoms with Crippen LogP contribution in [0.5, 0.6) is 0 Å². The normalized spacial score (nSPS) is 26.6. The molecule has 2 heterocycles. The van der Waals surface area contributed by atoms with E-state index >= 15 is 0 Å². The van der Waals surface area contributed by atoms with Crippen molar-refractivity contribution in [3.05, 3.63) is 24.3 Å². The molecule has 3 aliphatic rings. The standard InChI is InChI=1S/C20H29N3O5S/c24-20(15-22-9-14-28-19-4-2-1-3-18(19)22)21-16-5-7-17(8-6-16)29(25,26)23-10-12-27-13-11-23/h5-8,18-19H,1-4,9-15H2,(H,21,24). The average Bonchev–Trinajstić information content (AvgIpc) is 2.75. The van der Waals surface area contributed by atoms with Gasteiger partial charge in [-0.2, -0.15) is 4.31 Å². The van der Waals surface area contributed by atoms with E-state index in [1.54, 1.807) is 24.3 Å². The van der Waals surface area contributed by atoms with Crippen LogP contribution in [-0.4, -0.2) is 81.7 Å². The first-order valence-electron chi connectivity index (χ1n) is 10.4. The van der Waals surface area contributed by atoms with E-state index in [0.717, 1.165) is 19.4 Å². The largest absolute Gasteiger partial charge is 0.379 e. The van der Waals surface area contributed by atoms with E-state index in [4.69, 9.17) is 9.47 Å². The second-order valence-corrected chi connectivity index (χ2v) is 9.76. The number of hydrogen-bond acceptors (Lipinski definition) is 6. The maximum absolute atomic E-state index is 12.7. The first-order chi connectivity index (χ1) is 14.0. The molecule has 2 aliphatic heterocycles. The topological polar surface area (TPSA) is 88.2 Å². The molecule has 0 spiro atoms. The number of ether oxygens (including phenoxy) is 2. The maximum Gasteiger partial charge on any atom is 0.243 e. The Hall–Kier alpha value is -1.52. The maximum atomic E-state index is 12.7. The minimum atomic E-state index is -3.52. The van der Waals surface area contributed by atoms with E-state index in [2.05, 4.69) is 10.2 Å². The van der Waals surface area contributed by atoms with Crippen LogP contribution in [0.2, 0.25) is 0 Å². The SMILES string of the molecule is O=C(CN1CCOC2CCCCC21)Nc1ccc(S(=O)(=O)N2CCOCC2)cc1. The van der Waals surface area contributed by atoms with Crippen molar-refractivity contribution >= 4 is 21.6 Å². The Kier molecular flexibility index (Phi) is 6.50. The van der Waals surface area contributed by atoms with Gasteiger partial charge in [-0.3, -0.25) is 9.69 Å². The molecule has 2 unspecified atom stereocenters. The lowest BCUT2D eigenvalue weighted by molar-refractivity contribution is -0.124. The van der Waals surface area contributed by atoms with Gasteiger partial charge in [0.05, 0.1) is 37.4 Å². The zero-order valence-corrected chi connectivity index (χ0v) is 17.4. The highest BCUT2D eigenvalue weighted by Gasteiger charge is 2.35. The van der Waals surface area contributed by atoms with Gasteiger partial charge >= 0.3 is 0 Å². The number of benzene rings is 1. The van der Waals surface area contributed by atoms with Crippen LogP contribution in [0.25, 0.3) is 0 Å². The molecule has 1 saturated carbocycles. The summed E-state index contributed by atoms with van der Waals surface area (Å²) >= 11 is 0. The highest BCUT2D eigenvalue weighted by atomic mass is 32.2. The van der Waals surface area contributed by atoms with Gasteiger partial charge in [-0.15, -0.1) is 0 Å². The summed E-state index contributed by atoms with van der Waals surface area (Å²) in [5, 5.41) is 2.89. The molecule has 1 aliphatic carbocycles. The van der Waals surface area contributed by atoms with Gasteiger partial charge in [0.15, 0.2) is 0 Å². The van der Waals surface area contributed by atoms with E-state index in [1.165, 1.54) is 17.1 Å². The lowest BCUT2D eigenvalue weighted by atomic mass is 9.90. The van der Waals surface area contributed by atoms with Crippen LogP contribution in [0.3, 0.4) is 0 Å². The van der Waals surface area contributed by atoms with Gasteiger partial charge < -0.3 is 14.8 Å². The summed E-state index contributed by atoms with van der Waals surface area (Å²) in [4.78, 5) is 15.0. The van der Waals surface area contributed by atoms with Crippen LogP contribution in [0.15, 0.2) is 29.2 Å². The number of anilines is 1. The monoisotopic (exact) mass is 423 g/mol. The third-order valence-electron chi connectivity index (χ3n) is 5.94. The number of nitrogens with one attached hydrogen (secondary N) is 1. The number of carbonyl (C=O) groups excluding carboxylic acids is 1. The highest BCUT2D eigenvalue weighted by molar-refractivity contribution is 7.89. The van der Waals surface area contributed by atoms with E-state index in [9.17, 15) is 13.2 Å². The summed E-state index contributed by atoms with van der Waals surface area (Å²) < 4.78 is 37.9. The van der Waals surface area contributed by atoms with E-state index in [-0.39, 0.29) is 16.9 Å². The summed E-state index contributed by atoms with van der Waals surface area (Å²) in [6, 6.07) is 6.71. The van der Waals surface area contributed by atoms with E-state index < -0.39 is 10.0 Å². The number of carbonyl (C=O) groups is 1. The van der Waals surface area contributed by atoms with Crippen molar-refractivity contribution in [2.75, 3.05) is 51.3 Å². The molecule has 4 rings (SSSR count). The first-order valence-corrected chi connectivity index (χ1v) is 11.8. The molecule has 1 aromatic carbocycles. The minimum Gasteiger partial charge on any atom is -0.379 e. The van der Waals surface area contributed by atoms with Gasteiger partial charge in [-0.05, 0) is 37.1 Å². The molecule has 0 radical (unpaired) electrons. The molecule has 0 aromatic heterocycles. The van der Waals surface area contributed by atoms with Crippen molar-refractivity contribution in [1.29, 1.82) is 0 Å². The zero-order valence-electron chi connectivity index (χ0n) is 16.6. The number of hydrogen-bond donors (Lipinski definition) is 1. The van der Waals surface area contributed by atoms with Crippen molar-refractivity contribution < 1.29 is 22.7 Å². The Morgan fingerprint density at radius 3 is 2.52 bits per heavy atom. The fraction of sp³-hybridized carbons (Fsp3) is 0.650. The third-order valence-corrected chi connectivity index (χ3v) is 7.85. The van der Waals surface area contributed by atoms with Gasteiger partial charge in [0, 0.05) is 31.4 Å². The number of sulfonamides is 1. The Morgan fingerprint density at radius 1 is 1.03 bits per heavy atom. The molecule has 9 heteroatoms. The van der Waals surface area contributed by atoms with Crippen LogP contribution in [0, 0.1) is 0 Å². The second kappa shape index (κ2) is 9.09. The fourth-order valence-corrected chi connectivity index (χ4v) is 5.81. The second-order valence-electron chi connectivity index (χ2n) is 7.82. The lowest BCUT2D eigenvalue weighted by Crippen LogP contribution is -2.54. The smallest absolute Gasteiger partial charge is 0.243 e. The Balaban J connectivity index is 1.35. The number of morpholine rings is 2. The molecule has 2 atom stereocenters. The number of fused-ring (bicyclic) bond motifs is 1. The molecule has 1 aromatic rings. The molecule has 160 valence electrons. The van der Waals surface area contributed by atoms with Crippen LogP contribution < -0.4 is 5.32 Å². The predicted octanol–water partition coefficient (Wildman–Crippen LogP) is 1.29. The number of rotatable bonds is 5. The van der Waals surface area contributed by atoms with Gasteiger partial charge in [0.2, 0.25) is 15.9 Å². The van der Waals surface area contributed by atoms with Crippen LogP contribution in [0.4, 0.5) is 5.69 Å². The fourth-order valence-electron chi connectivity index (χ4n) is 4.40. The number of amides is 1. The molecule has 1 N–H and O–H groups in total. The average molecular weight is 424 g/mol. The van der Waals surface area contributed by atoms with Gasteiger partial charge in [0.1, 0.15) is 0 Å². The van der Waals surface area contributed by atoms with Gasteiger partial charge in [-0.1, -0.05) is 12.8 Å². The summed E-state index contributed by atoms with van der Waals surface area (Å²) in [7, 11) is -3.52. The Labute approximate surface area is 172 Å².